The van der Waals surface area contributed by atoms with E-state index in [2.05, 4.69) is 15.5 Å². The van der Waals surface area contributed by atoms with Crippen LogP contribution in [0.1, 0.15) is 17.5 Å². The molecule has 3 aromatic rings. The number of carbonyl (C=O) groups is 2. The summed E-state index contributed by atoms with van der Waals surface area (Å²) in [6.07, 6.45) is 0.149. The van der Waals surface area contributed by atoms with E-state index in [4.69, 9.17) is 9.84 Å². The average Bonchev–Trinajstić information content (AvgIpc) is 3.20. The maximum Gasteiger partial charge on any atom is 0.341 e. The van der Waals surface area contributed by atoms with Crippen molar-refractivity contribution in [3.05, 3.63) is 70.5 Å². The molecule has 0 unspecified atom stereocenters. The van der Waals surface area contributed by atoms with E-state index in [9.17, 15) is 9.59 Å². The standard InChI is InChI=1S/C21H19N3O4S/c1-14(15-7-9-17(10-8-15)28-12-21(26)27)23-24-19(25)11-20-22-18(13-29-20)16-5-3-2-4-6-16/h2-10,13H,11-12H2,1H3,(H,24,25)(H,26,27)/b23-14-. The van der Waals surface area contributed by atoms with Gasteiger partial charge in [0.15, 0.2) is 6.61 Å². The van der Waals surface area contributed by atoms with Crippen molar-refractivity contribution in [3.8, 4) is 17.0 Å². The molecule has 1 heterocycles. The molecule has 29 heavy (non-hydrogen) atoms. The molecule has 2 aromatic carbocycles. The molecule has 0 fully saturated rings. The number of thiazole rings is 1. The highest BCUT2D eigenvalue weighted by molar-refractivity contribution is 7.10. The van der Waals surface area contributed by atoms with Gasteiger partial charge in [0.05, 0.1) is 17.8 Å². The number of hydrogen-bond donors (Lipinski definition) is 2. The molecule has 0 atom stereocenters. The number of hydrazone groups is 1. The molecule has 0 aliphatic rings. The van der Waals surface area contributed by atoms with Crippen molar-refractivity contribution in [1.29, 1.82) is 0 Å². The van der Waals surface area contributed by atoms with E-state index >= 15 is 0 Å². The maximum absolute atomic E-state index is 12.2. The zero-order valence-electron chi connectivity index (χ0n) is 15.7. The minimum Gasteiger partial charge on any atom is -0.482 e. The Balaban J connectivity index is 1.55. The van der Waals surface area contributed by atoms with Crippen molar-refractivity contribution in [2.24, 2.45) is 5.10 Å². The lowest BCUT2D eigenvalue weighted by molar-refractivity contribution is -0.139. The van der Waals surface area contributed by atoms with Crippen LogP contribution in [0.15, 0.2) is 65.1 Å². The van der Waals surface area contributed by atoms with Crippen LogP contribution < -0.4 is 10.2 Å². The smallest absolute Gasteiger partial charge is 0.341 e. The van der Waals surface area contributed by atoms with E-state index in [1.165, 1.54) is 11.3 Å². The molecule has 8 heteroatoms. The van der Waals surface area contributed by atoms with Crippen LogP contribution in [0.3, 0.4) is 0 Å². The molecule has 0 spiro atoms. The topological polar surface area (TPSA) is 101 Å². The van der Waals surface area contributed by atoms with Crippen molar-refractivity contribution < 1.29 is 19.4 Å². The van der Waals surface area contributed by atoms with Crippen LogP contribution in [-0.2, 0) is 16.0 Å². The zero-order valence-corrected chi connectivity index (χ0v) is 16.5. The van der Waals surface area contributed by atoms with Crippen molar-refractivity contribution in [1.82, 2.24) is 10.4 Å². The van der Waals surface area contributed by atoms with Crippen LogP contribution in [0.25, 0.3) is 11.3 Å². The Hall–Kier alpha value is -3.52. The Morgan fingerprint density at radius 2 is 1.86 bits per heavy atom. The molecule has 3 rings (SSSR count). The summed E-state index contributed by atoms with van der Waals surface area (Å²) in [5.74, 6) is -0.837. The van der Waals surface area contributed by atoms with Gasteiger partial charge in [0.25, 0.3) is 0 Å². The van der Waals surface area contributed by atoms with Gasteiger partial charge in [-0.2, -0.15) is 5.10 Å². The molecular weight excluding hydrogens is 390 g/mol. The fraction of sp³-hybridized carbons (Fsp3) is 0.143. The number of rotatable bonds is 8. The Kier molecular flexibility index (Phi) is 6.70. The number of amides is 1. The summed E-state index contributed by atoms with van der Waals surface area (Å²) in [6, 6.07) is 16.6. The Bertz CT molecular complexity index is 1010. The highest BCUT2D eigenvalue weighted by atomic mass is 32.1. The van der Waals surface area contributed by atoms with Crippen LogP contribution >= 0.6 is 11.3 Å². The third kappa shape index (κ3) is 5.98. The van der Waals surface area contributed by atoms with E-state index in [0.29, 0.717) is 16.5 Å². The summed E-state index contributed by atoms with van der Waals surface area (Å²) in [5, 5.41) is 15.4. The van der Waals surface area contributed by atoms with Gasteiger partial charge in [0, 0.05) is 10.9 Å². The van der Waals surface area contributed by atoms with Gasteiger partial charge in [-0.05, 0) is 36.8 Å². The van der Waals surface area contributed by atoms with Crippen molar-refractivity contribution in [2.75, 3.05) is 6.61 Å². The fourth-order valence-electron chi connectivity index (χ4n) is 2.46. The minimum atomic E-state index is -1.04. The first-order chi connectivity index (χ1) is 14.0. The number of nitrogens with one attached hydrogen (secondary N) is 1. The zero-order chi connectivity index (χ0) is 20.6. The number of ether oxygens (including phenoxy) is 1. The van der Waals surface area contributed by atoms with Crippen LogP contribution in [0.5, 0.6) is 5.75 Å². The van der Waals surface area contributed by atoms with Crippen molar-refractivity contribution >= 4 is 28.9 Å². The largest absolute Gasteiger partial charge is 0.482 e. The van der Waals surface area contributed by atoms with Gasteiger partial charge in [-0.25, -0.2) is 15.2 Å². The molecule has 0 aliphatic carbocycles. The summed E-state index contributed by atoms with van der Waals surface area (Å²) < 4.78 is 5.09. The van der Waals surface area contributed by atoms with Gasteiger partial charge in [0.2, 0.25) is 5.91 Å². The number of benzene rings is 2. The van der Waals surface area contributed by atoms with Crippen molar-refractivity contribution in [3.63, 3.8) is 0 Å². The molecule has 1 amide bonds. The first-order valence-electron chi connectivity index (χ1n) is 8.79. The molecule has 1 aromatic heterocycles. The lowest BCUT2D eigenvalue weighted by atomic mass is 10.1. The second kappa shape index (κ2) is 9.61. The van der Waals surface area contributed by atoms with Gasteiger partial charge < -0.3 is 9.84 Å². The van der Waals surface area contributed by atoms with Crippen molar-refractivity contribution in [2.45, 2.75) is 13.3 Å². The lowest BCUT2D eigenvalue weighted by Crippen LogP contribution is -2.21. The molecule has 2 N–H and O–H groups in total. The van der Waals surface area contributed by atoms with Crippen LogP contribution in [0.4, 0.5) is 0 Å². The minimum absolute atomic E-state index is 0.149. The highest BCUT2D eigenvalue weighted by Gasteiger charge is 2.09. The van der Waals surface area contributed by atoms with E-state index in [-0.39, 0.29) is 12.3 Å². The van der Waals surface area contributed by atoms with Gasteiger partial charge >= 0.3 is 5.97 Å². The summed E-state index contributed by atoms with van der Waals surface area (Å²) >= 11 is 1.44. The molecule has 0 bridgehead atoms. The van der Waals surface area contributed by atoms with Crippen LogP contribution in [0.2, 0.25) is 0 Å². The number of aliphatic carboxylic acids is 1. The summed E-state index contributed by atoms with van der Waals surface area (Å²) in [6.45, 7) is 1.37. The number of nitrogens with zero attached hydrogens (tertiary/aromatic N) is 2. The van der Waals surface area contributed by atoms with E-state index in [0.717, 1.165) is 16.8 Å². The Labute approximate surface area is 171 Å². The quantitative estimate of drug-likeness (QED) is 0.439. The average molecular weight is 409 g/mol. The SMILES string of the molecule is C/C(=N/NC(=O)Cc1nc(-c2ccccc2)cs1)c1ccc(OCC(=O)O)cc1. The number of carboxylic acids is 1. The number of carboxylic acid groups (broad SMARTS) is 1. The molecule has 0 saturated carbocycles. The molecular formula is C21H19N3O4S. The lowest BCUT2D eigenvalue weighted by Gasteiger charge is -2.05. The Morgan fingerprint density at radius 3 is 2.55 bits per heavy atom. The molecule has 0 aliphatic heterocycles. The summed E-state index contributed by atoms with van der Waals surface area (Å²) in [4.78, 5) is 27.2. The monoisotopic (exact) mass is 409 g/mol. The molecule has 148 valence electrons. The van der Waals surface area contributed by atoms with E-state index in [1.807, 2.05) is 35.7 Å². The normalized spacial score (nSPS) is 11.1. The van der Waals surface area contributed by atoms with Gasteiger partial charge in [-0.15, -0.1) is 11.3 Å². The summed E-state index contributed by atoms with van der Waals surface area (Å²) in [5.41, 5.74) is 5.81. The van der Waals surface area contributed by atoms with Crippen LogP contribution in [-0.4, -0.2) is 34.3 Å². The highest BCUT2D eigenvalue weighted by Crippen LogP contribution is 2.21. The van der Waals surface area contributed by atoms with Gasteiger partial charge in [-0.1, -0.05) is 30.3 Å². The first-order valence-corrected chi connectivity index (χ1v) is 9.67. The molecule has 7 nitrogen and oxygen atoms in total. The summed E-state index contributed by atoms with van der Waals surface area (Å²) in [7, 11) is 0. The fourth-order valence-corrected chi connectivity index (χ4v) is 3.26. The number of hydrogen-bond acceptors (Lipinski definition) is 6. The number of carbonyl (C=O) groups excluding carboxylic acids is 1. The first kappa shape index (κ1) is 20.2. The second-order valence-electron chi connectivity index (χ2n) is 6.11. The van der Waals surface area contributed by atoms with Gasteiger partial charge in [-0.3, -0.25) is 4.79 Å². The predicted molar refractivity (Wildman–Crippen MR) is 111 cm³/mol. The maximum atomic E-state index is 12.2. The van der Waals surface area contributed by atoms with E-state index in [1.54, 1.807) is 31.2 Å². The predicted octanol–water partition coefficient (Wildman–Crippen LogP) is 3.36. The van der Waals surface area contributed by atoms with Crippen LogP contribution in [0, 0.1) is 0 Å². The Morgan fingerprint density at radius 1 is 1.14 bits per heavy atom. The third-order valence-corrected chi connectivity index (χ3v) is 4.76. The molecule has 0 saturated heterocycles. The third-order valence-electron chi connectivity index (χ3n) is 3.92. The van der Waals surface area contributed by atoms with Gasteiger partial charge in [0.1, 0.15) is 10.8 Å². The van der Waals surface area contributed by atoms with E-state index < -0.39 is 12.6 Å². The number of aromatic nitrogens is 1. The molecule has 0 radical (unpaired) electrons. The second-order valence-corrected chi connectivity index (χ2v) is 7.05.